The van der Waals surface area contributed by atoms with Crippen molar-refractivity contribution in [2.75, 3.05) is 0 Å². The van der Waals surface area contributed by atoms with Gasteiger partial charge in [-0.15, -0.1) is 5.72 Å². The van der Waals surface area contributed by atoms with Crippen molar-refractivity contribution in [3.63, 3.8) is 0 Å². The number of pyridine rings is 1. The summed E-state index contributed by atoms with van der Waals surface area (Å²) < 4.78 is 2.30. The van der Waals surface area contributed by atoms with Gasteiger partial charge in [0.15, 0.2) is 12.4 Å². The second-order valence-electron chi connectivity index (χ2n) is 5.43. The highest BCUT2D eigenvalue weighted by Gasteiger charge is 2.43. The lowest BCUT2D eigenvalue weighted by molar-refractivity contribution is -0.697. The topological polar surface area (TPSA) is 3.88 Å². The molecule has 3 heterocycles. The molecule has 2 bridgehead atoms. The van der Waals surface area contributed by atoms with E-state index in [1.165, 1.54) is 5.56 Å². The highest BCUT2D eigenvalue weighted by atomic mass is 14.9. The summed E-state index contributed by atoms with van der Waals surface area (Å²) in [6.45, 7) is 3.82. The Labute approximate surface area is 123 Å². The largest absolute Gasteiger partial charge is 0.206 e. The van der Waals surface area contributed by atoms with Crippen molar-refractivity contribution in [2.24, 2.45) is 0 Å². The highest BCUT2D eigenvalue weighted by molar-refractivity contribution is 7.72. The molecule has 1 aromatic rings. The Morgan fingerprint density at radius 2 is 1.84 bits per heavy atom. The summed E-state index contributed by atoms with van der Waals surface area (Å²) in [6, 6.07) is 4.36. The van der Waals surface area contributed by atoms with Crippen molar-refractivity contribution in [3.8, 4) is 0 Å². The van der Waals surface area contributed by atoms with Gasteiger partial charge in [0, 0.05) is 61.7 Å². The van der Waals surface area contributed by atoms with Gasteiger partial charge in [-0.1, -0.05) is 0 Å². The molecule has 0 amide bonds. The van der Waals surface area contributed by atoms with Crippen LogP contribution < -0.4 is 4.57 Å². The fraction of sp³-hybridized carbons (Fsp3) is 0.444. The van der Waals surface area contributed by atoms with Gasteiger partial charge in [-0.05, 0) is 18.3 Å². The molecule has 0 N–H and O–H groups in total. The fourth-order valence-corrected chi connectivity index (χ4v) is 2.78. The minimum Gasteiger partial charge on any atom is -0.206 e. The van der Waals surface area contributed by atoms with E-state index in [9.17, 15) is 0 Å². The Morgan fingerprint density at radius 1 is 1.11 bits per heavy atom. The van der Waals surface area contributed by atoms with Crippen molar-refractivity contribution in [3.05, 3.63) is 30.1 Å². The fourth-order valence-electron chi connectivity index (χ4n) is 2.78. The average Bonchev–Trinajstić information content (AvgIpc) is 2.44. The molecule has 2 fully saturated rings. The predicted octanol–water partition coefficient (Wildman–Crippen LogP) is -1.96. The molecule has 1 nitrogen and oxygen atoms in total. The van der Waals surface area contributed by atoms with Gasteiger partial charge in [-0.3, -0.25) is 0 Å². The molecule has 3 rings (SSSR count). The maximum absolute atomic E-state index is 2.44. The number of nitrogens with zero attached hydrogens (tertiary/aromatic N) is 1. The Balaban J connectivity index is 1.63. The van der Waals surface area contributed by atoms with Crippen LogP contribution in [0.25, 0.3) is 0 Å². The van der Waals surface area contributed by atoms with Crippen molar-refractivity contribution in [2.45, 2.75) is 25.0 Å². The van der Waals surface area contributed by atoms with Gasteiger partial charge in [-0.2, -0.15) is 0 Å². The van der Waals surface area contributed by atoms with Crippen molar-refractivity contribution < 1.29 is 4.57 Å². The van der Waals surface area contributed by atoms with Crippen LogP contribution in [-0.2, 0) is 6.54 Å². The number of hydrogen-bond acceptors (Lipinski definition) is 0. The lowest BCUT2D eigenvalue weighted by Crippen LogP contribution is -2.60. The maximum atomic E-state index is 2.44. The quantitative estimate of drug-likeness (QED) is 0.410. The first-order valence-electron chi connectivity index (χ1n) is 6.98. The molecule has 0 saturated carbocycles. The van der Waals surface area contributed by atoms with E-state index in [1.807, 2.05) is 0 Å². The Kier molecular flexibility index (Phi) is 4.66. The van der Waals surface area contributed by atoms with Crippen LogP contribution in [0.5, 0.6) is 0 Å². The zero-order chi connectivity index (χ0) is 13.1. The molecule has 2 atom stereocenters. The summed E-state index contributed by atoms with van der Waals surface area (Å²) in [5, 5.41) is 0. The SMILES string of the molecule is Cc1cc[n+](CC2B3[B][B][B][B][B][B][B]C2[B]3)cc1. The third-order valence-corrected chi connectivity index (χ3v) is 4.02. The van der Waals surface area contributed by atoms with Gasteiger partial charge in [0.25, 0.3) is 0 Å². The molecule has 2 saturated heterocycles. The first-order valence-corrected chi connectivity index (χ1v) is 6.98. The third kappa shape index (κ3) is 3.44. The molecule has 0 spiro atoms. The summed E-state index contributed by atoms with van der Waals surface area (Å²) in [7, 11) is 17.7. The summed E-state index contributed by atoms with van der Waals surface area (Å²) in [5.41, 5.74) is 1.92. The van der Waals surface area contributed by atoms with E-state index in [-0.39, 0.29) is 0 Å². The minimum atomic E-state index is 0.603. The van der Waals surface area contributed by atoms with E-state index < -0.39 is 0 Å². The summed E-state index contributed by atoms with van der Waals surface area (Å²) >= 11 is 0. The Morgan fingerprint density at radius 3 is 2.68 bits per heavy atom. The van der Waals surface area contributed by atoms with Crippen LogP contribution in [0.15, 0.2) is 24.5 Å². The molecule has 2 aliphatic heterocycles. The molecule has 78 valence electrons. The number of hydrogen-bond donors (Lipinski definition) is 0. The average molecular weight is 231 g/mol. The Hall–Kier alpha value is -0.266. The smallest absolute Gasteiger partial charge is 0.169 e. The van der Waals surface area contributed by atoms with Crippen LogP contribution in [0.2, 0.25) is 11.5 Å². The van der Waals surface area contributed by atoms with E-state index in [4.69, 9.17) is 0 Å². The molecule has 10 heteroatoms. The van der Waals surface area contributed by atoms with Gasteiger partial charge < -0.3 is 0 Å². The third-order valence-electron chi connectivity index (χ3n) is 4.02. The van der Waals surface area contributed by atoms with Crippen molar-refractivity contribution in [1.82, 2.24) is 0 Å². The van der Waals surface area contributed by atoms with E-state index in [2.05, 4.69) is 92.7 Å². The highest BCUT2D eigenvalue weighted by Crippen LogP contribution is 2.36. The normalized spacial score (nSPS) is 24.4. The molecule has 8 radical (unpaired) electrons. The zero-order valence-corrected chi connectivity index (χ0v) is 11.3. The van der Waals surface area contributed by atoms with Crippen LogP contribution in [0, 0.1) is 6.92 Å². The van der Waals surface area contributed by atoms with Crippen molar-refractivity contribution >= 4 is 63.2 Å². The second kappa shape index (κ2) is 6.46. The first kappa shape index (κ1) is 13.7. The van der Waals surface area contributed by atoms with Gasteiger partial charge in [0.2, 0.25) is 0 Å². The van der Waals surface area contributed by atoms with Gasteiger partial charge in [-0.25, -0.2) is 4.57 Å². The van der Waals surface area contributed by atoms with E-state index in [0.717, 1.165) is 6.54 Å². The lowest BCUT2D eigenvalue weighted by atomic mass is 8.75. The molecule has 1 aromatic heterocycles. The van der Waals surface area contributed by atoms with Crippen LogP contribution in [0.1, 0.15) is 5.56 Å². The van der Waals surface area contributed by atoms with Crippen LogP contribution in [0.4, 0.5) is 0 Å². The van der Waals surface area contributed by atoms with Gasteiger partial charge in [0.1, 0.15) is 6.54 Å². The predicted molar refractivity (Wildman–Crippen MR) is 90.7 cm³/mol. The maximum Gasteiger partial charge on any atom is 0.169 e. The number of fused-ring (bicyclic) bond motifs is 2. The summed E-state index contributed by atoms with van der Waals surface area (Å²) in [6.07, 6.45) is 4.38. The van der Waals surface area contributed by atoms with E-state index in [0.29, 0.717) is 18.0 Å². The van der Waals surface area contributed by atoms with E-state index >= 15 is 0 Å². The number of rotatable bonds is 2. The van der Waals surface area contributed by atoms with Crippen LogP contribution >= 0.6 is 0 Å². The number of aromatic nitrogens is 1. The Bertz CT molecular complexity index is 395. The lowest BCUT2D eigenvalue weighted by Gasteiger charge is -2.42. The van der Waals surface area contributed by atoms with Gasteiger partial charge in [0.05, 0.1) is 13.7 Å². The monoisotopic (exact) mass is 232 g/mol. The molecular formula is C9H11B9N+. The van der Waals surface area contributed by atoms with Crippen molar-refractivity contribution in [1.29, 1.82) is 0 Å². The summed E-state index contributed by atoms with van der Waals surface area (Å²) in [5.74, 6) is 0.681. The van der Waals surface area contributed by atoms with Crippen LogP contribution in [0.3, 0.4) is 0 Å². The summed E-state index contributed by atoms with van der Waals surface area (Å²) in [4.78, 5) is 0. The molecule has 0 aliphatic carbocycles. The van der Waals surface area contributed by atoms with E-state index in [1.54, 1.807) is 0 Å². The van der Waals surface area contributed by atoms with Gasteiger partial charge >= 0.3 is 0 Å². The molecular weight excluding hydrogens is 219 g/mol. The number of aryl methyl sites for hydroxylation is 1. The molecule has 2 unspecified atom stereocenters. The second-order valence-corrected chi connectivity index (χ2v) is 5.43. The first-order chi connectivity index (χ1) is 9.33. The van der Waals surface area contributed by atoms with Crippen LogP contribution in [-0.4, -0.2) is 63.2 Å². The molecule has 0 aromatic carbocycles. The standard InChI is InChI=1S/C9H11B9N/c1-7-2-4-19(5-3-7)6-8-9-10-12-13-14-15-16-17-18(8)11-9/h2-5,8-9H,6H2,1H3/q+1. The molecule has 19 heavy (non-hydrogen) atoms. The minimum absolute atomic E-state index is 0.603. The molecule has 2 aliphatic rings. The zero-order valence-electron chi connectivity index (χ0n) is 11.3.